The molecule has 0 saturated carbocycles. The van der Waals surface area contributed by atoms with Crippen LogP contribution in [0.15, 0.2) is 44.9 Å². The summed E-state index contributed by atoms with van der Waals surface area (Å²) in [4.78, 5) is 11.6. The number of rotatable bonds is 0. The van der Waals surface area contributed by atoms with Crippen molar-refractivity contribution in [3.8, 4) is 0 Å². The fourth-order valence-corrected chi connectivity index (χ4v) is 2.73. The first-order valence-electron chi connectivity index (χ1n) is 4.80. The normalized spacial score (nSPS) is 17.4. The molecule has 2 aliphatic rings. The highest BCUT2D eigenvalue weighted by Crippen LogP contribution is 2.40. The highest BCUT2D eigenvalue weighted by molar-refractivity contribution is 9.12. The van der Waals surface area contributed by atoms with E-state index in [0.29, 0.717) is 4.48 Å². The minimum atomic E-state index is 0.0305. The Labute approximate surface area is 110 Å². The van der Waals surface area contributed by atoms with E-state index in [1.54, 1.807) is 6.08 Å². The molecule has 1 aromatic rings. The molecule has 0 bridgehead atoms. The molecule has 78 valence electrons. The average molecular weight is 338 g/mol. The van der Waals surface area contributed by atoms with Crippen LogP contribution in [0.5, 0.6) is 0 Å². The van der Waals surface area contributed by atoms with Gasteiger partial charge in [-0.1, -0.05) is 22.0 Å². The van der Waals surface area contributed by atoms with Crippen LogP contribution < -0.4 is 0 Å². The molecule has 0 heterocycles. The van der Waals surface area contributed by atoms with E-state index in [0.717, 1.165) is 26.7 Å². The van der Waals surface area contributed by atoms with Crippen molar-refractivity contribution in [3.63, 3.8) is 0 Å². The van der Waals surface area contributed by atoms with Gasteiger partial charge in [0.15, 0.2) is 5.78 Å². The number of carbonyl (C=O) groups excluding carboxylic acids is 1. The second-order valence-electron chi connectivity index (χ2n) is 3.75. The molecule has 0 radical (unpaired) electrons. The largest absolute Gasteiger partial charge is 0.289 e. The van der Waals surface area contributed by atoms with Crippen molar-refractivity contribution in [2.75, 3.05) is 0 Å². The van der Waals surface area contributed by atoms with Gasteiger partial charge < -0.3 is 0 Å². The zero-order valence-corrected chi connectivity index (χ0v) is 11.3. The lowest BCUT2D eigenvalue weighted by Crippen LogP contribution is -2.00. The topological polar surface area (TPSA) is 17.1 Å². The average Bonchev–Trinajstić information content (AvgIpc) is 2.55. The van der Waals surface area contributed by atoms with Gasteiger partial charge in [0.05, 0.1) is 4.48 Å². The van der Waals surface area contributed by atoms with Crippen LogP contribution in [0.1, 0.15) is 11.1 Å². The van der Waals surface area contributed by atoms with Gasteiger partial charge in [-0.25, -0.2) is 0 Å². The summed E-state index contributed by atoms with van der Waals surface area (Å²) in [5.74, 6) is 0.0305. The Morgan fingerprint density at radius 1 is 1.00 bits per heavy atom. The lowest BCUT2D eigenvalue weighted by Gasteiger charge is -2.09. The predicted octanol–water partition coefficient (Wildman–Crippen LogP) is 4.09. The highest BCUT2D eigenvalue weighted by Gasteiger charge is 2.23. The Bertz CT molecular complexity index is 606. The number of hydrogen-bond donors (Lipinski definition) is 0. The summed E-state index contributed by atoms with van der Waals surface area (Å²) in [7, 11) is 0. The quantitative estimate of drug-likeness (QED) is 0.696. The summed E-state index contributed by atoms with van der Waals surface area (Å²) in [6.07, 6.45) is 5.67. The van der Waals surface area contributed by atoms with Gasteiger partial charge >= 0.3 is 0 Å². The SMILES string of the molecule is O=C1C=C2C(=Cc3cc(Br)ccc32)C=C1Br. The number of hydrogen-bond acceptors (Lipinski definition) is 1. The minimum absolute atomic E-state index is 0.0305. The van der Waals surface area contributed by atoms with Gasteiger partial charge in [-0.2, -0.15) is 0 Å². The first-order valence-corrected chi connectivity index (χ1v) is 6.39. The van der Waals surface area contributed by atoms with Crippen LogP contribution in [0.25, 0.3) is 11.6 Å². The maximum absolute atomic E-state index is 11.6. The third-order valence-corrected chi connectivity index (χ3v) is 3.83. The van der Waals surface area contributed by atoms with E-state index in [2.05, 4.69) is 44.0 Å². The van der Waals surface area contributed by atoms with Gasteiger partial charge in [-0.3, -0.25) is 4.79 Å². The van der Waals surface area contributed by atoms with Crippen LogP contribution in [-0.2, 0) is 4.79 Å². The first-order chi connectivity index (χ1) is 7.65. The fraction of sp³-hybridized carbons (Fsp3) is 0. The smallest absolute Gasteiger partial charge is 0.193 e. The molecule has 1 aromatic carbocycles. The second kappa shape index (κ2) is 3.54. The molecule has 0 fully saturated rings. The molecule has 2 aliphatic carbocycles. The van der Waals surface area contributed by atoms with E-state index in [1.807, 2.05) is 18.2 Å². The third kappa shape index (κ3) is 1.46. The molecule has 3 rings (SSSR count). The molecule has 16 heavy (non-hydrogen) atoms. The number of halogens is 2. The van der Waals surface area contributed by atoms with Gasteiger partial charge in [-0.05, 0) is 68.6 Å². The van der Waals surface area contributed by atoms with Crippen molar-refractivity contribution >= 4 is 49.3 Å². The van der Waals surface area contributed by atoms with Crippen molar-refractivity contribution < 1.29 is 4.79 Å². The number of allylic oxidation sites excluding steroid dienone is 5. The van der Waals surface area contributed by atoms with Crippen LogP contribution in [0, 0.1) is 0 Å². The zero-order valence-electron chi connectivity index (χ0n) is 8.13. The second-order valence-corrected chi connectivity index (χ2v) is 5.52. The highest BCUT2D eigenvalue weighted by atomic mass is 79.9. The summed E-state index contributed by atoms with van der Waals surface area (Å²) < 4.78 is 1.67. The van der Waals surface area contributed by atoms with E-state index >= 15 is 0 Å². The molecule has 0 amide bonds. The maximum Gasteiger partial charge on any atom is 0.193 e. The van der Waals surface area contributed by atoms with Gasteiger partial charge in [-0.15, -0.1) is 0 Å². The molecule has 1 nitrogen and oxygen atoms in total. The molecule has 0 atom stereocenters. The van der Waals surface area contributed by atoms with E-state index in [4.69, 9.17) is 0 Å². The standard InChI is InChI=1S/C13H6Br2O/c14-9-1-2-10-7(4-9)3-8-5-12(15)13(16)6-11(8)10/h1-6H. The lowest BCUT2D eigenvalue weighted by atomic mass is 9.97. The Hall–Kier alpha value is -0.930. The van der Waals surface area contributed by atoms with Crippen LogP contribution >= 0.6 is 31.9 Å². The molecule has 0 saturated heterocycles. The first kappa shape index (κ1) is 10.2. The minimum Gasteiger partial charge on any atom is -0.289 e. The Kier molecular flexibility index (Phi) is 2.26. The fourth-order valence-electron chi connectivity index (χ4n) is 1.99. The van der Waals surface area contributed by atoms with Gasteiger partial charge in [0.1, 0.15) is 0 Å². The summed E-state index contributed by atoms with van der Waals surface area (Å²) in [6, 6.07) is 6.09. The summed E-state index contributed by atoms with van der Waals surface area (Å²) in [5.41, 5.74) is 4.40. The van der Waals surface area contributed by atoms with E-state index < -0.39 is 0 Å². The predicted molar refractivity (Wildman–Crippen MR) is 72.1 cm³/mol. The third-order valence-electron chi connectivity index (χ3n) is 2.72. The molecular formula is C13H6Br2O. The van der Waals surface area contributed by atoms with Crippen molar-refractivity contribution in [3.05, 3.63) is 56.0 Å². The summed E-state index contributed by atoms with van der Waals surface area (Å²) in [6.45, 7) is 0. The van der Waals surface area contributed by atoms with Crippen molar-refractivity contribution in [2.24, 2.45) is 0 Å². The van der Waals surface area contributed by atoms with Crippen LogP contribution in [0.3, 0.4) is 0 Å². The van der Waals surface area contributed by atoms with E-state index in [9.17, 15) is 4.79 Å². The number of benzene rings is 1. The van der Waals surface area contributed by atoms with Gasteiger partial charge in [0.25, 0.3) is 0 Å². The summed E-state index contributed by atoms with van der Waals surface area (Å²) in [5, 5.41) is 0. The molecule has 0 aliphatic heterocycles. The van der Waals surface area contributed by atoms with Crippen molar-refractivity contribution in [1.29, 1.82) is 0 Å². The monoisotopic (exact) mass is 336 g/mol. The van der Waals surface area contributed by atoms with Gasteiger partial charge in [0.2, 0.25) is 0 Å². The molecule has 0 aromatic heterocycles. The Balaban J connectivity index is 2.23. The number of carbonyl (C=O) groups is 1. The molecule has 3 heteroatoms. The van der Waals surface area contributed by atoms with Crippen molar-refractivity contribution in [2.45, 2.75) is 0 Å². The molecule has 0 N–H and O–H groups in total. The van der Waals surface area contributed by atoms with Crippen LogP contribution in [0.4, 0.5) is 0 Å². The van der Waals surface area contributed by atoms with Crippen molar-refractivity contribution in [1.82, 2.24) is 0 Å². The zero-order chi connectivity index (χ0) is 11.3. The number of fused-ring (bicyclic) bond motifs is 3. The number of ketones is 1. The van der Waals surface area contributed by atoms with Gasteiger partial charge in [0, 0.05) is 4.47 Å². The van der Waals surface area contributed by atoms with E-state index in [-0.39, 0.29) is 5.78 Å². The molecular weight excluding hydrogens is 332 g/mol. The Morgan fingerprint density at radius 3 is 2.62 bits per heavy atom. The van der Waals surface area contributed by atoms with E-state index in [1.165, 1.54) is 0 Å². The molecule has 0 unspecified atom stereocenters. The van der Waals surface area contributed by atoms with Crippen LogP contribution in [0.2, 0.25) is 0 Å². The lowest BCUT2D eigenvalue weighted by molar-refractivity contribution is -0.110. The Morgan fingerprint density at radius 2 is 1.81 bits per heavy atom. The van der Waals surface area contributed by atoms with Crippen LogP contribution in [-0.4, -0.2) is 5.78 Å². The maximum atomic E-state index is 11.6. The molecule has 0 spiro atoms. The summed E-state index contributed by atoms with van der Waals surface area (Å²) >= 11 is 6.71.